The van der Waals surface area contributed by atoms with Crippen LogP contribution >= 0.6 is 0 Å². The van der Waals surface area contributed by atoms with Crippen LogP contribution in [0.4, 0.5) is 11.4 Å². The molecule has 0 aromatic heterocycles. The Morgan fingerprint density at radius 3 is 3.11 bits per heavy atom. The molecule has 0 bridgehead atoms. The summed E-state index contributed by atoms with van der Waals surface area (Å²) in [5.74, 6) is 0.103. The molecule has 1 saturated heterocycles. The molecular weight excluding hydrogens is 244 g/mol. The highest BCUT2D eigenvalue weighted by molar-refractivity contribution is 5.96. The van der Waals surface area contributed by atoms with E-state index in [4.69, 9.17) is 15.2 Å². The quantitative estimate of drug-likeness (QED) is 0.641. The number of hydrogen-bond donors (Lipinski definition) is 2. The molecule has 1 aromatic carbocycles. The van der Waals surface area contributed by atoms with Crippen molar-refractivity contribution in [2.45, 2.75) is 12.8 Å². The highest BCUT2D eigenvalue weighted by atomic mass is 16.5. The molecule has 19 heavy (non-hydrogen) atoms. The monoisotopic (exact) mass is 264 g/mol. The summed E-state index contributed by atoms with van der Waals surface area (Å²) in [6.45, 7) is 2.41. The van der Waals surface area contributed by atoms with Crippen LogP contribution in [-0.4, -0.2) is 32.8 Å². The van der Waals surface area contributed by atoms with Gasteiger partial charge in [0, 0.05) is 24.5 Å². The van der Waals surface area contributed by atoms with Gasteiger partial charge in [0.1, 0.15) is 0 Å². The van der Waals surface area contributed by atoms with Crippen LogP contribution in [0.2, 0.25) is 0 Å². The summed E-state index contributed by atoms with van der Waals surface area (Å²) in [6.07, 6.45) is 2.24. The van der Waals surface area contributed by atoms with E-state index in [2.05, 4.69) is 5.32 Å². The van der Waals surface area contributed by atoms with E-state index in [9.17, 15) is 4.79 Å². The number of nitrogens with two attached hydrogens (primary N) is 1. The molecule has 0 spiro atoms. The number of benzene rings is 1. The number of ether oxygens (including phenoxy) is 2. The second kappa shape index (κ2) is 6.43. The SMILES string of the molecule is COC(=O)c1cc(N)ccc1NCC1CCCOC1. The Morgan fingerprint density at radius 1 is 1.58 bits per heavy atom. The average molecular weight is 264 g/mol. The van der Waals surface area contributed by atoms with Crippen molar-refractivity contribution in [3.63, 3.8) is 0 Å². The minimum absolute atomic E-state index is 0.380. The Hall–Kier alpha value is -1.75. The topological polar surface area (TPSA) is 73.6 Å². The van der Waals surface area contributed by atoms with Gasteiger partial charge in [-0.1, -0.05) is 0 Å². The number of carbonyl (C=O) groups is 1. The molecule has 1 unspecified atom stereocenters. The van der Waals surface area contributed by atoms with Gasteiger partial charge in [-0.15, -0.1) is 0 Å². The van der Waals surface area contributed by atoms with Crippen molar-refractivity contribution in [3.8, 4) is 0 Å². The first kappa shape index (κ1) is 13.7. The number of methoxy groups -OCH3 is 1. The van der Waals surface area contributed by atoms with E-state index in [0.29, 0.717) is 17.2 Å². The molecule has 1 fully saturated rings. The second-order valence-corrected chi connectivity index (χ2v) is 4.76. The van der Waals surface area contributed by atoms with E-state index in [0.717, 1.165) is 38.3 Å². The number of anilines is 2. The number of nitrogen functional groups attached to an aromatic ring is 1. The van der Waals surface area contributed by atoms with Crippen LogP contribution in [0.1, 0.15) is 23.2 Å². The summed E-state index contributed by atoms with van der Waals surface area (Å²) < 4.78 is 10.2. The molecule has 0 aliphatic carbocycles. The van der Waals surface area contributed by atoms with Gasteiger partial charge in [-0.3, -0.25) is 0 Å². The maximum Gasteiger partial charge on any atom is 0.340 e. The smallest absolute Gasteiger partial charge is 0.340 e. The van der Waals surface area contributed by atoms with Gasteiger partial charge in [-0.25, -0.2) is 4.79 Å². The van der Waals surface area contributed by atoms with Gasteiger partial charge in [0.25, 0.3) is 0 Å². The predicted molar refractivity (Wildman–Crippen MR) is 74.2 cm³/mol. The number of nitrogens with one attached hydrogen (secondary N) is 1. The van der Waals surface area contributed by atoms with Crippen molar-refractivity contribution >= 4 is 17.3 Å². The van der Waals surface area contributed by atoms with E-state index in [1.807, 2.05) is 6.07 Å². The fraction of sp³-hybridized carbons (Fsp3) is 0.500. The van der Waals surface area contributed by atoms with Crippen molar-refractivity contribution < 1.29 is 14.3 Å². The fourth-order valence-corrected chi connectivity index (χ4v) is 2.22. The minimum Gasteiger partial charge on any atom is -0.465 e. The van der Waals surface area contributed by atoms with Crippen LogP contribution in [-0.2, 0) is 9.47 Å². The van der Waals surface area contributed by atoms with Crippen molar-refractivity contribution in [1.82, 2.24) is 0 Å². The van der Waals surface area contributed by atoms with Gasteiger partial charge in [-0.2, -0.15) is 0 Å². The summed E-state index contributed by atoms with van der Waals surface area (Å²) in [6, 6.07) is 5.21. The van der Waals surface area contributed by atoms with Crippen LogP contribution < -0.4 is 11.1 Å². The Kier molecular flexibility index (Phi) is 4.63. The van der Waals surface area contributed by atoms with Gasteiger partial charge < -0.3 is 20.5 Å². The Labute approximate surface area is 113 Å². The largest absolute Gasteiger partial charge is 0.465 e. The Bertz CT molecular complexity index is 442. The summed E-state index contributed by atoms with van der Waals surface area (Å²) in [7, 11) is 1.37. The van der Waals surface area contributed by atoms with Crippen LogP contribution in [0.15, 0.2) is 18.2 Å². The van der Waals surface area contributed by atoms with E-state index in [1.54, 1.807) is 12.1 Å². The third kappa shape index (κ3) is 3.61. The summed E-state index contributed by atoms with van der Waals surface area (Å²) in [5, 5.41) is 3.29. The first-order valence-electron chi connectivity index (χ1n) is 6.50. The lowest BCUT2D eigenvalue weighted by Gasteiger charge is -2.23. The molecule has 5 heteroatoms. The zero-order chi connectivity index (χ0) is 13.7. The van der Waals surface area contributed by atoms with Gasteiger partial charge in [-0.05, 0) is 37.0 Å². The van der Waals surface area contributed by atoms with E-state index >= 15 is 0 Å². The fourth-order valence-electron chi connectivity index (χ4n) is 2.22. The van der Waals surface area contributed by atoms with E-state index in [1.165, 1.54) is 7.11 Å². The summed E-state index contributed by atoms with van der Waals surface area (Å²) in [4.78, 5) is 11.7. The highest BCUT2D eigenvalue weighted by Gasteiger charge is 2.16. The van der Waals surface area contributed by atoms with Gasteiger partial charge in [0.2, 0.25) is 0 Å². The average Bonchev–Trinajstić information content (AvgIpc) is 2.46. The number of carbonyl (C=O) groups excluding carboxylic acids is 1. The first-order chi connectivity index (χ1) is 9.20. The Morgan fingerprint density at radius 2 is 2.42 bits per heavy atom. The lowest BCUT2D eigenvalue weighted by Crippen LogP contribution is -2.25. The summed E-state index contributed by atoms with van der Waals surface area (Å²) >= 11 is 0. The normalized spacial score (nSPS) is 18.9. The third-order valence-electron chi connectivity index (χ3n) is 3.28. The molecule has 1 heterocycles. The number of rotatable bonds is 4. The molecule has 0 radical (unpaired) electrons. The minimum atomic E-state index is -0.380. The molecule has 0 saturated carbocycles. The van der Waals surface area contributed by atoms with Crippen molar-refractivity contribution in [1.29, 1.82) is 0 Å². The molecule has 0 amide bonds. The third-order valence-corrected chi connectivity index (χ3v) is 3.28. The Balaban J connectivity index is 2.04. The molecule has 1 atom stereocenters. The zero-order valence-electron chi connectivity index (χ0n) is 11.1. The molecule has 1 aliphatic rings. The summed E-state index contributed by atoms with van der Waals surface area (Å²) in [5.41, 5.74) is 7.48. The molecule has 1 aromatic rings. The van der Waals surface area contributed by atoms with Crippen molar-refractivity contribution in [2.75, 3.05) is 37.9 Å². The lowest BCUT2D eigenvalue weighted by molar-refractivity contribution is 0.0592. The molecule has 1 aliphatic heterocycles. The first-order valence-corrected chi connectivity index (χ1v) is 6.50. The molecule has 5 nitrogen and oxygen atoms in total. The van der Waals surface area contributed by atoms with Gasteiger partial charge in [0.15, 0.2) is 0 Å². The molecular formula is C14H20N2O3. The highest BCUT2D eigenvalue weighted by Crippen LogP contribution is 2.21. The maximum absolute atomic E-state index is 11.7. The predicted octanol–water partition coefficient (Wildman–Crippen LogP) is 1.89. The number of hydrogen-bond acceptors (Lipinski definition) is 5. The van der Waals surface area contributed by atoms with E-state index < -0.39 is 0 Å². The van der Waals surface area contributed by atoms with Crippen LogP contribution in [0.3, 0.4) is 0 Å². The van der Waals surface area contributed by atoms with Crippen LogP contribution in [0.5, 0.6) is 0 Å². The van der Waals surface area contributed by atoms with Crippen molar-refractivity contribution in [3.05, 3.63) is 23.8 Å². The zero-order valence-corrected chi connectivity index (χ0v) is 11.1. The maximum atomic E-state index is 11.7. The lowest BCUT2D eigenvalue weighted by atomic mass is 10.0. The standard InChI is InChI=1S/C14H20N2O3/c1-18-14(17)12-7-11(15)4-5-13(12)16-8-10-3-2-6-19-9-10/h4-5,7,10,16H,2-3,6,8-9,15H2,1H3. The molecule has 2 rings (SSSR count). The van der Waals surface area contributed by atoms with Crippen molar-refractivity contribution in [2.24, 2.45) is 5.92 Å². The van der Waals surface area contributed by atoms with E-state index in [-0.39, 0.29) is 5.97 Å². The van der Waals surface area contributed by atoms with Gasteiger partial charge in [0.05, 0.1) is 19.3 Å². The van der Waals surface area contributed by atoms with Gasteiger partial charge >= 0.3 is 5.97 Å². The molecule has 3 N–H and O–H groups in total. The van der Waals surface area contributed by atoms with Crippen LogP contribution in [0, 0.1) is 5.92 Å². The molecule has 104 valence electrons. The number of esters is 1. The second-order valence-electron chi connectivity index (χ2n) is 4.76. The van der Waals surface area contributed by atoms with Crippen LogP contribution in [0.25, 0.3) is 0 Å².